The van der Waals surface area contributed by atoms with Crippen LogP contribution in [-0.2, 0) is 11.2 Å². The van der Waals surface area contributed by atoms with Crippen LogP contribution in [0.15, 0.2) is 48.5 Å². The van der Waals surface area contributed by atoms with E-state index in [2.05, 4.69) is 36.1 Å². The number of benzene rings is 2. The molecule has 1 atom stereocenters. The molecule has 0 unspecified atom stereocenters. The first kappa shape index (κ1) is 16.6. The highest BCUT2D eigenvalue weighted by molar-refractivity contribution is 5.77. The van der Waals surface area contributed by atoms with Crippen LogP contribution in [0.3, 0.4) is 0 Å². The van der Waals surface area contributed by atoms with Gasteiger partial charge in [-0.15, -0.1) is 0 Å². The predicted molar refractivity (Wildman–Crippen MR) is 96.2 cm³/mol. The fraction of sp³-hybridized carbons (Fsp3) is 0.381. The highest BCUT2D eigenvalue weighted by Crippen LogP contribution is 2.34. The quantitative estimate of drug-likeness (QED) is 0.821. The van der Waals surface area contributed by atoms with Gasteiger partial charge in [0.1, 0.15) is 5.75 Å². The predicted octanol–water partition coefficient (Wildman–Crippen LogP) is 4.30. The zero-order chi connectivity index (χ0) is 16.9. The monoisotopic (exact) mass is 323 g/mol. The van der Waals surface area contributed by atoms with E-state index in [1.807, 2.05) is 24.3 Å². The molecule has 0 saturated carbocycles. The minimum atomic E-state index is 0.245. The van der Waals surface area contributed by atoms with E-state index in [1.54, 1.807) is 7.11 Å². The first-order valence-electron chi connectivity index (χ1n) is 8.67. The molecule has 24 heavy (non-hydrogen) atoms. The summed E-state index contributed by atoms with van der Waals surface area (Å²) >= 11 is 0. The topological polar surface area (TPSA) is 29.5 Å². The molecule has 1 saturated heterocycles. The Balaban J connectivity index is 1.64. The third kappa shape index (κ3) is 3.61. The van der Waals surface area contributed by atoms with Gasteiger partial charge in [0, 0.05) is 13.0 Å². The second-order valence-electron chi connectivity index (χ2n) is 6.45. The summed E-state index contributed by atoms with van der Waals surface area (Å²) in [6.07, 6.45) is 3.50. The van der Waals surface area contributed by atoms with Crippen LogP contribution in [0.2, 0.25) is 0 Å². The van der Waals surface area contributed by atoms with Crippen LogP contribution in [0.5, 0.6) is 5.75 Å². The Morgan fingerprint density at radius 3 is 2.62 bits per heavy atom. The molecule has 2 aromatic rings. The van der Waals surface area contributed by atoms with Gasteiger partial charge in [0.05, 0.1) is 13.2 Å². The number of carbonyl (C=O) groups is 1. The van der Waals surface area contributed by atoms with Crippen LogP contribution in [0.1, 0.15) is 42.0 Å². The Kier molecular flexibility index (Phi) is 5.19. The lowest BCUT2D eigenvalue weighted by molar-refractivity contribution is -0.132. The first-order valence-corrected chi connectivity index (χ1v) is 8.67. The lowest BCUT2D eigenvalue weighted by Crippen LogP contribution is -2.31. The SMILES string of the molecule is COc1ccc(CCC(=O)N2CCC[C@@H]2c2ccccc2C)cc1. The Labute approximate surface area is 144 Å². The van der Waals surface area contributed by atoms with Crippen molar-refractivity contribution < 1.29 is 9.53 Å². The highest BCUT2D eigenvalue weighted by atomic mass is 16.5. The van der Waals surface area contributed by atoms with Gasteiger partial charge in [-0.1, -0.05) is 36.4 Å². The minimum absolute atomic E-state index is 0.245. The van der Waals surface area contributed by atoms with Crippen LogP contribution in [0.25, 0.3) is 0 Å². The second-order valence-corrected chi connectivity index (χ2v) is 6.45. The van der Waals surface area contributed by atoms with Crippen molar-refractivity contribution >= 4 is 5.91 Å². The molecule has 1 fully saturated rings. The summed E-state index contributed by atoms with van der Waals surface area (Å²) in [6, 6.07) is 16.6. The summed E-state index contributed by atoms with van der Waals surface area (Å²) in [7, 11) is 1.66. The lowest BCUT2D eigenvalue weighted by Gasteiger charge is -2.26. The maximum absolute atomic E-state index is 12.7. The van der Waals surface area contributed by atoms with Gasteiger partial charge in [-0.2, -0.15) is 0 Å². The molecule has 1 aliphatic heterocycles. The van der Waals surface area contributed by atoms with Crippen LogP contribution in [0, 0.1) is 6.92 Å². The van der Waals surface area contributed by atoms with Crippen LogP contribution in [0.4, 0.5) is 0 Å². The summed E-state index contributed by atoms with van der Waals surface area (Å²) < 4.78 is 5.18. The molecule has 126 valence electrons. The third-order valence-corrected chi connectivity index (χ3v) is 4.91. The number of hydrogen-bond acceptors (Lipinski definition) is 2. The van der Waals surface area contributed by atoms with E-state index < -0.39 is 0 Å². The summed E-state index contributed by atoms with van der Waals surface area (Å²) in [4.78, 5) is 14.8. The fourth-order valence-electron chi connectivity index (χ4n) is 3.54. The van der Waals surface area contributed by atoms with Crippen molar-refractivity contribution in [3.05, 3.63) is 65.2 Å². The van der Waals surface area contributed by atoms with Crippen molar-refractivity contribution in [2.24, 2.45) is 0 Å². The normalized spacial score (nSPS) is 17.1. The molecule has 1 heterocycles. The summed E-state index contributed by atoms with van der Waals surface area (Å²) in [6.45, 7) is 3.01. The van der Waals surface area contributed by atoms with E-state index in [1.165, 1.54) is 16.7 Å². The molecule has 0 radical (unpaired) electrons. The molecule has 0 bridgehead atoms. The third-order valence-electron chi connectivity index (χ3n) is 4.91. The van der Waals surface area contributed by atoms with Crippen LogP contribution in [-0.4, -0.2) is 24.5 Å². The summed E-state index contributed by atoms with van der Waals surface area (Å²) in [5.41, 5.74) is 3.75. The Bertz CT molecular complexity index is 693. The van der Waals surface area contributed by atoms with Gasteiger partial charge in [0.15, 0.2) is 0 Å². The summed E-state index contributed by atoms with van der Waals surface area (Å²) in [5, 5.41) is 0. The number of carbonyl (C=O) groups excluding carboxylic acids is 1. The van der Waals surface area contributed by atoms with Gasteiger partial charge >= 0.3 is 0 Å². The molecule has 3 rings (SSSR count). The molecule has 0 N–H and O–H groups in total. The maximum Gasteiger partial charge on any atom is 0.223 e. The van der Waals surface area contributed by atoms with E-state index in [0.717, 1.165) is 31.6 Å². The average Bonchev–Trinajstić information content (AvgIpc) is 3.10. The standard InChI is InChI=1S/C21H25NO2/c1-16-6-3-4-7-19(16)20-8-5-15-22(20)21(23)14-11-17-9-12-18(24-2)13-10-17/h3-4,6-7,9-10,12-13,20H,5,8,11,14-15H2,1-2H3/t20-/m1/s1. The molecule has 1 aliphatic rings. The largest absolute Gasteiger partial charge is 0.497 e. The maximum atomic E-state index is 12.7. The van der Waals surface area contributed by atoms with Crippen molar-refractivity contribution in [2.45, 2.75) is 38.6 Å². The molecule has 0 aromatic heterocycles. The molecular weight excluding hydrogens is 298 g/mol. The molecule has 1 amide bonds. The molecule has 3 heteroatoms. The van der Waals surface area contributed by atoms with Crippen LogP contribution < -0.4 is 4.74 Å². The van der Waals surface area contributed by atoms with E-state index in [9.17, 15) is 4.79 Å². The number of methoxy groups -OCH3 is 1. The van der Waals surface area contributed by atoms with Gasteiger partial charge in [-0.05, 0) is 55.0 Å². The second kappa shape index (κ2) is 7.52. The molecule has 2 aromatic carbocycles. The molecule has 0 aliphatic carbocycles. The number of rotatable bonds is 5. The Morgan fingerprint density at radius 2 is 1.92 bits per heavy atom. The van der Waals surface area contributed by atoms with Gasteiger partial charge < -0.3 is 9.64 Å². The molecule has 3 nitrogen and oxygen atoms in total. The van der Waals surface area contributed by atoms with E-state index in [-0.39, 0.29) is 11.9 Å². The number of hydrogen-bond donors (Lipinski definition) is 0. The van der Waals surface area contributed by atoms with Gasteiger partial charge in [-0.25, -0.2) is 0 Å². The Morgan fingerprint density at radius 1 is 1.17 bits per heavy atom. The molecular formula is C21H25NO2. The first-order chi connectivity index (χ1) is 11.7. The number of aryl methyl sites for hydroxylation is 2. The average molecular weight is 323 g/mol. The van der Waals surface area contributed by atoms with Crippen molar-refractivity contribution in [3.63, 3.8) is 0 Å². The van der Waals surface area contributed by atoms with Gasteiger partial charge in [0.2, 0.25) is 5.91 Å². The lowest BCUT2D eigenvalue weighted by atomic mass is 9.99. The van der Waals surface area contributed by atoms with E-state index in [4.69, 9.17) is 4.74 Å². The summed E-state index contributed by atoms with van der Waals surface area (Å²) in [5.74, 6) is 1.11. The molecule has 0 spiro atoms. The van der Waals surface area contributed by atoms with Crippen LogP contribution >= 0.6 is 0 Å². The smallest absolute Gasteiger partial charge is 0.223 e. The number of nitrogens with zero attached hydrogens (tertiary/aromatic N) is 1. The van der Waals surface area contributed by atoms with Crippen molar-refractivity contribution in [3.8, 4) is 5.75 Å². The highest BCUT2D eigenvalue weighted by Gasteiger charge is 2.30. The van der Waals surface area contributed by atoms with Crippen molar-refractivity contribution in [1.82, 2.24) is 4.90 Å². The fourth-order valence-corrected chi connectivity index (χ4v) is 3.54. The number of amides is 1. The van der Waals surface area contributed by atoms with E-state index in [0.29, 0.717) is 6.42 Å². The zero-order valence-corrected chi connectivity index (χ0v) is 14.5. The van der Waals surface area contributed by atoms with E-state index >= 15 is 0 Å². The van der Waals surface area contributed by atoms with Crippen molar-refractivity contribution in [2.75, 3.05) is 13.7 Å². The van der Waals surface area contributed by atoms with Gasteiger partial charge in [-0.3, -0.25) is 4.79 Å². The van der Waals surface area contributed by atoms with Gasteiger partial charge in [0.25, 0.3) is 0 Å². The zero-order valence-electron chi connectivity index (χ0n) is 14.5. The number of ether oxygens (including phenoxy) is 1. The minimum Gasteiger partial charge on any atom is -0.497 e. The number of likely N-dealkylation sites (tertiary alicyclic amines) is 1. The van der Waals surface area contributed by atoms with Crippen molar-refractivity contribution in [1.29, 1.82) is 0 Å². The Hall–Kier alpha value is -2.29.